The van der Waals surface area contributed by atoms with Gasteiger partial charge in [-0.25, -0.2) is 0 Å². The van der Waals surface area contributed by atoms with Crippen molar-refractivity contribution in [1.82, 2.24) is 9.47 Å². The van der Waals surface area contributed by atoms with Gasteiger partial charge in [0.2, 0.25) is 0 Å². The van der Waals surface area contributed by atoms with Gasteiger partial charge < -0.3 is 9.64 Å². The summed E-state index contributed by atoms with van der Waals surface area (Å²) in [7, 11) is 1.65. The number of ether oxygens (including phenoxy) is 1. The highest BCUT2D eigenvalue weighted by Crippen LogP contribution is 2.35. The average Bonchev–Trinajstić information content (AvgIpc) is 2.96. The minimum atomic E-state index is -0.278. The van der Waals surface area contributed by atoms with Crippen molar-refractivity contribution in [3.8, 4) is 6.07 Å². The first-order chi connectivity index (χ1) is 13.9. The molecule has 0 radical (unpaired) electrons. The van der Waals surface area contributed by atoms with Gasteiger partial charge in [-0.3, -0.25) is 19.1 Å². The van der Waals surface area contributed by atoms with Crippen molar-refractivity contribution in [2.45, 2.75) is 33.2 Å². The minimum Gasteiger partial charge on any atom is -0.378 e. The molecule has 2 aliphatic rings. The third kappa shape index (κ3) is 4.10. The van der Waals surface area contributed by atoms with E-state index < -0.39 is 0 Å². The highest BCUT2D eigenvalue weighted by atomic mass is 32.2. The van der Waals surface area contributed by atoms with Crippen LogP contribution in [0.3, 0.4) is 0 Å². The first-order valence-corrected chi connectivity index (χ1v) is 10.8. The number of anilines is 1. The first kappa shape index (κ1) is 21.6. The molecule has 1 amide bonds. The summed E-state index contributed by atoms with van der Waals surface area (Å²) in [5, 5.41) is 9.65. The Morgan fingerprint density at radius 3 is 2.55 bits per heavy atom. The van der Waals surface area contributed by atoms with E-state index in [2.05, 4.69) is 17.9 Å². The number of pyridine rings is 1. The summed E-state index contributed by atoms with van der Waals surface area (Å²) < 4.78 is 7.67. The highest BCUT2D eigenvalue weighted by Gasteiger charge is 2.31. The third-order valence-electron chi connectivity index (χ3n) is 5.15. The Hall–Kier alpha value is -2.15. The molecule has 154 valence electrons. The number of aromatic nitrogens is 1. The first-order valence-electron chi connectivity index (χ1n) is 9.62. The van der Waals surface area contributed by atoms with Crippen LogP contribution in [0.15, 0.2) is 9.70 Å². The number of amides is 1. The average molecular weight is 433 g/mol. The lowest BCUT2D eigenvalue weighted by Gasteiger charge is -2.33. The molecule has 0 aliphatic carbocycles. The number of unbranched alkanes of at least 4 members (excludes halogenated alkanes) is 1. The minimum absolute atomic E-state index is 0.122. The summed E-state index contributed by atoms with van der Waals surface area (Å²) in [4.78, 5) is 29.7. The lowest BCUT2D eigenvalue weighted by Crippen LogP contribution is -2.41. The topological polar surface area (TPSA) is 78.6 Å². The number of nitriles is 1. The Balaban J connectivity index is 2.27. The van der Waals surface area contributed by atoms with E-state index in [9.17, 15) is 14.9 Å². The van der Waals surface area contributed by atoms with Gasteiger partial charge in [0.1, 0.15) is 21.8 Å². The maximum atomic E-state index is 13.1. The molecule has 0 bridgehead atoms. The van der Waals surface area contributed by atoms with Gasteiger partial charge in [0.25, 0.3) is 11.5 Å². The fourth-order valence-electron chi connectivity index (χ4n) is 3.46. The van der Waals surface area contributed by atoms with E-state index in [0.717, 1.165) is 24.2 Å². The number of thiocarbonyl (C=S) groups is 1. The summed E-state index contributed by atoms with van der Waals surface area (Å²) >= 11 is 6.49. The van der Waals surface area contributed by atoms with Gasteiger partial charge in [-0.1, -0.05) is 37.3 Å². The van der Waals surface area contributed by atoms with Crippen molar-refractivity contribution in [2.75, 3.05) is 38.3 Å². The molecule has 1 aromatic heterocycles. The summed E-state index contributed by atoms with van der Waals surface area (Å²) in [6.07, 6.45) is 3.53. The van der Waals surface area contributed by atoms with E-state index in [1.807, 2.05) is 0 Å². The zero-order valence-electron chi connectivity index (χ0n) is 16.9. The molecule has 0 saturated carbocycles. The SMILES string of the molecule is CCCCn1c(N2CCOCC2)c(C=C2SC(=S)N(C)C2=O)c(C)c(C#N)c1=O. The summed E-state index contributed by atoms with van der Waals surface area (Å²) in [6.45, 7) is 6.78. The molecule has 2 saturated heterocycles. The molecule has 7 nitrogen and oxygen atoms in total. The van der Waals surface area contributed by atoms with Crippen LogP contribution in [0.2, 0.25) is 0 Å². The Kier molecular flexibility index (Phi) is 6.77. The lowest BCUT2D eigenvalue weighted by molar-refractivity contribution is -0.121. The zero-order chi connectivity index (χ0) is 21.1. The molecule has 2 aliphatic heterocycles. The zero-order valence-corrected chi connectivity index (χ0v) is 18.5. The predicted octanol–water partition coefficient (Wildman–Crippen LogP) is 2.50. The summed E-state index contributed by atoms with van der Waals surface area (Å²) in [5.74, 6) is 0.585. The molecule has 9 heteroatoms. The van der Waals surface area contributed by atoms with Gasteiger partial charge >= 0.3 is 0 Å². The number of hydrogen-bond acceptors (Lipinski definition) is 7. The molecular weight excluding hydrogens is 408 g/mol. The Bertz CT molecular complexity index is 971. The standard InChI is InChI=1S/C20H24N4O3S2/c1-4-5-6-24-17(23-7-9-27-10-8-23)14(13(2)15(12-21)18(24)25)11-16-19(26)22(3)20(28)29-16/h11H,4-10H2,1-3H3. The van der Waals surface area contributed by atoms with Crippen LogP contribution in [0.1, 0.15) is 36.5 Å². The fraction of sp³-hybridized carbons (Fsp3) is 0.500. The summed E-state index contributed by atoms with van der Waals surface area (Å²) in [5.41, 5.74) is 1.16. The van der Waals surface area contributed by atoms with Gasteiger partial charge in [-0.05, 0) is 25.0 Å². The van der Waals surface area contributed by atoms with Gasteiger partial charge in [0.15, 0.2) is 0 Å². The van der Waals surface area contributed by atoms with Crippen molar-refractivity contribution < 1.29 is 9.53 Å². The second-order valence-electron chi connectivity index (χ2n) is 7.00. The Morgan fingerprint density at radius 2 is 2.00 bits per heavy atom. The molecule has 0 N–H and O–H groups in total. The molecule has 0 atom stereocenters. The van der Waals surface area contributed by atoms with Crippen molar-refractivity contribution in [1.29, 1.82) is 5.26 Å². The molecule has 3 rings (SSSR count). The lowest BCUT2D eigenvalue weighted by atomic mass is 10.0. The van der Waals surface area contributed by atoms with E-state index in [1.54, 1.807) is 24.6 Å². The molecule has 0 spiro atoms. The smallest absolute Gasteiger partial charge is 0.270 e. The molecule has 2 fully saturated rings. The second kappa shape index (κ2) is 9.11. The van der Waals surface area contributed by atoms with Gasteiger partial charge in [-0.15, -0.1) is 0 Å². The van der Waals surface area contributed by atoms with Crippen LogP contribution < -0.4 is 10.5 Å². The Morgan fingerprint density at radius 1 is 1.31 bits per heavy atom. The van der Waals surface area contributed by atoms with Crippen LogP contribution in [0.4, 0.5) is 5.82 Å². The van der Waals surface area contributed by atoms with Crippen LogP contribution in [-0.4, -0.2) is 53.0 Å². The van der Waals surface area contributed by atoms with E-state index >= 15 is 0 Å². The normalized spacial score (nSPS) is 18.6. The number of carbonyl (C=O) groups is 1. The van der Waals surface area contributed by atoms with E-state index in [-0.39, 0.29) is 17.0 Å². The molecular formula is C20H24N4O3S2. The van der Waals surface area contributed by atoms with Gasteiger partial charge in [0.05, 0.1) is 18.1 Å². The largest absolute Gasteiger partial charge is 0.378 e. The van der Waals surface area contributed by atoms with Crippen LogP contribution >= 0.6 is 24.0 Å². The number of nitrogens with zero attached hydrogens (tertiary/aromatic N) is 4. The molecule has 1 aromatic rings. The summed E-state index contributed by atoms with van der Waals surface area (Å²) in [6, 6.07) is 2.07. The number of morpholine rings is 1. The third-order valence-corrected chi connectivity index (χ3v) is 6.64. The van der Waals surface area contributed by atoms with Gasteiger partial charge in [-0.2, -0.15) is 5.26 Å². The molecule has 0 unspecified atom stereocenters. The van der Waals surface area contributed by atoms with E-state index in [0.29, 0.717) is 47.6 Å². The van der Waals surface area contributed by atoms with Gasteiger partial charge in [0, 0.05) is 32.2 Å². The van der Waals surface area contributed by atoms with Crippen molar-refractivity contribution >= 4 is 46.1 Å². The number of thioether (sulfide) groups is 1. The molecule has 0 aromatic carbocycles. The van der Waals surface area contributed by atoms with Crippen LogP contribution in [0.25, 0.3) is 6.08 Å². The maximum absolute atomic E-state index is 13.1. The second-order valence-corrected chi connectivity index (χ2v) is 8.68. The van der Waals surface area contributed by atoms with Crippen molar-refractivity contribution in [2.24, 2.45) is 0 Å². The van der Waals surface area contributed by atoms with Crippen molar-refractivity contribution in [3.63, 3.8) is 0 Å². The maximum Gasteiger partial charge on any atom is 0.270 e. The number of rotatable bonds is 5. The van der Waals surface area contributed by atoms with Crippen LogP contribution in [0, 0.1) is 18.3 Å². The molecule has 29 heavy (non-hydrogen) atoms. The van der Waals surface area contributed by atoms with E-state index in [1.165, 1.54) is 16.7 Å². The molecule has 3 heterocycles. The Labute approximate surface area is 179 Å². The van der Waals surface area contributed by atoms with Crippen molar-refractivity contribution in [3.05, 3.63) is 31.9 Å². The predicted molar refractivity (Wildman–Crippen MR) is 119 cm³/mol. The number of carbonyl (C=O) groups excluding carboxylic acids is 1. The van der Waals surface area contributed by atoms with Crippen LogP contribution in [0.5, 0.6) is 0 Å². The van der Waals surface area contributed by atoms with Crippen LogP contribution in [-0.2, 0) is 16.1 Å². The fourth-order valence-corrected chi connectivity index (χ4v) is 4.62. The quantitative estimate of drug-likeness (QED) is 0.522. The monoisotopic (exact) mass is 432 g/mol. The van der Waals surface area contributed by atoms with E-state index in [4.69, 9.17) is 17.0 Å². The number of hydrogen-bond donors (Lipinski definition) is 0. The number of likely N-dealkylation sites (N-methyl/N-ethyl adjacent to an activating group) is 1. The highest BCUT2D eigenvalue weighted by molar-refractivity contribution is 8.26.